The van der Waals surface area contributed by atoms with Gasteiger partial charge in [-0.3, -0.25) is 4.79 Å². The third kappa shape index (κ3) is 3.46. The number of nitrogens with one attached hydrogen (secondary N) is 1. The Balaban J connectivity index is 0.00000169. The summed E-state index contributed by atoms with van der Waals surface area (Å²) in [5.41, 5.74) is 5.66. The van der Waals surface area contributed by atoms with Crippen LogP contribution in [0.2, 0.25) is 0 Å². The maximum absolute atomic E-state index is 11.6. The molecule has 1 fully saturated rings. The van der Waals surface area contributed by atoms with Crippen molar-refractivity contribution in [1.82, 2.24) is 5.32 Å². The SMILES string of the molecule is CC(C)(C)[C@H](N)C(=O)NC1CCC1.Cl. The molecular formula is C10H21ClN2O. The Morgan fingerprint density at radius 2 is 1.93 bits per heavy atom. The normalized spacial score (nSPS) is 19.1. The third-order valence-corrected chi connectivity index (χ3v) is 2.67. The van der Waals surface area contributed by atoms with E-state index < -0.39 is 6.04 Å². The molecule has 0 bridgehead atoms. The van der Waals surface area contributed by atoms with Gasteiger partial charge in [0, 0.05) is 6.04 Å². The minimum absolute atomic E-state index is 0. The Kier molecular flexibility index (Phi) is 4.89. The van der Waals surface area contributed by atoms with Crippen molar-refractivity contribution in [3.63, 3.8) is 0 Å². The first-order valence-corrected chi connectivity index (χ1v) is 4.97. The van der Waals surface area contributed by atoms with Gasteiger partial charge in [0.05, 0.1) is 6.04 Å². The first-order chi connectivity index (χ1) is 5.91. The molecule has 1 aliphatic carbocycles. The van der Waals surface area contributed by atoms with Gasteiger partial charge in [0.2, 0.25) is 5.91 Å². The number of rotatable bonds is 2. The van der Waals surface area contributed by atoms with E-state index in [1.165, 1.54) is 6.42 Å². The Bertz CT molecular complexity index is 197. The summed E-state index contributed by atoms with van der Waals surface area (Å²) < 4.78 is 0. The summed E-state index contributed by atoms with van der Waals surface area (Å²) >= 11 is 0. The molecule has 4 heteroatoms. The predicted molar refractivity (Wildman–Crippen MR) is 60.5 cm³/mol. The Labute approximate surface area is 92.2 Å². The van der Waals surface area contributed by atoms with E-state index in [9.17, 15) is 4.79 Å². The largest absolute Gasteiger partial charge is 0.352 e. The van der Waals surface area contributed by atoms with Crippen molar-refractivity contribution >= 4 is 18.3 Å². The summed E-state index contributed by atoms with van der Waals surface area (Å²) in [6.07, 6.45) is 3.46. The first kappa shape index (κ1) is 13.7. The summed E-state index contributed by atoms with van der Waals surface area (Å²) in [5.74, 6) is -0.00259. The summed E-state index contributed by atoms with van der Waals surface area (Å²) in [7, 11) is 0. The van der Waals surface area contributed by atoms with Crippen molar-refractivity contribution in [1.29, 1.82) is 0 Å². The lowest BCUT2D eigenvalue weighted by atomic mass is 9.86. The van der Waals surface area contributed by atoms with Crippen LogP contribution >= 0.6 is 12.4 Å². The van der Waals surface area contributed by atoms with Gasteiger partial charge in [0.1, 0.15) is 0 Å². The van der Waals surface area contributed by atoms with E-state index >= 15 is 0 Å². The summed E-state index contributed by atoms with van der Waals surface area (Å²) in [6.45, 7) is 5.95. The van der Waals surface area contributed by atoms with E-state index in [4.69, 9.17) is 5.73 Å². The minimum Gasteiger partial charge on any atom is -0.352 e. The van der Waals surface area contributed by atoms with Crippen molar-refractivity contribution in [3.05, 3.63) is 0 Å². The average Bonchev–Trinajstić information content (AvgIpc) is 1.93. The van der Waals surface area contributed by atoms with Gasteiger partial charge < -0.3 is 11.1 Å². The van der Waals surface area contributed by atoms with Crippen LogP contribution < -0.4 is 11.1 Å². The monoisotopic (exact) mass is 220 g/mol. The fourth-order valence-electron chi connectivity index (χ4n) is 1.24. The second-order valence-electron chi connectivity index (χ2n) is 4.98. The van der Waals surface area contributed by atoms with Gasteiger partial charge in [0.25, 0.3) is 0 Å². The van der Waals surface area contributed by atoms with Crippen LogP contribution in [0.3, 0.4) is 0 Å². The Morgan fingerprint density at radius 3 is 2.21 bits per heavy atom. The number of carbonyl (C=O) groups is 1. The van der Waals surface area contributed by atoms with E-state index in [0.717, 1.165) is 12.8 Å². The molecule has 1 amide bonds. The highest BCUT2D eigenvalue weighted by molar-refractivity contribution is 5.85. The number of hydrogen-bond donors (Lipinski definition) is 2. The molecule has 0 spiro atoms. The maximum Gasteiger partial charge on any atom is 0.237 e. The molecule has 1 atom stereocenters. The van der Waals surface area contributed by atoms with Crippen molar-refractivity contribution in [2.75, 3.05) is 0 Å². The van der Waals surface area contributed by atoms with Gasteiger partial charge >= 0.3 is 0 Å². The van der Waals surface area contributed by atoms with Crippen LogP contribution in [0.4, 0.5) is 0 Å². The second-order valence-corrected chi connectivity index (χ2v) is 4.98. The van der Waals surface area contributed by atoms with Crippen molar-refractivity contribution in [3.8, 4) is 0 Å². The highest BCUT2D eigenvalue weighted by Crippen LogP contribution is 2.21. The molecule has 1 rings (SSSR count). The molecule has 84 valence electrons. The van der Waals surface area contributed by atoms with Crippen molar-refractivity contribution < 1.29 is 4.79 Å². The number of amides is 1. The van der Waals surface area contributed by atoms with Crippen LogP contribution in [0.5, 0.6) is 0 Å². The second kappa shape index (κ2) is 4.99. The van der Waals surface area contributed by atoms with Gasteiger partial charge in [-0.25, -0.2) is 0 Å². The van der Waals surface area contributed by atoms with Crippen LogP contribution in [0.15, 0.2) is 0 Å². The van der Waals surface area contributed by atoms with Crippen LogP contribution in [-0.4, -0.2) is 18.0 Å². The minimum atomic E-state index is -0.395. The molecule has 3 nitrogen and oxygen atoms in total. The highest BCUT2D eigenvalue weighted by Gasteiger charge is 2.29. The number of hydrogen-bond acceptors (Lipinski definition) is 2. The molecule has 0 aromatic heterocycles. The lowest BCUT2D eigenvalue weighted by molar-refractivity contribution is -0.125. The fourth-order valence-corrected chi connectivity index (χ4v) is 1.24. The molecule has 0 radical (unpaired) electrons. The highest BCUT2D eigenvalue weighted by atomic mass is 35.5. The summed E-state index contributed by atoms with van der Waals surface area (Å²) in [6, 6.07) is -0.00556. The lowest BCUT2D eigenvalue weighted by Gasteiger charge is -2.31. The zero-order chi connectivity index (χ0) is 10.1. The molecule has 1 saturated carbocycles. The Morgan fingerprint density at radius 1 is 1.43 bits per heavy atom. The fraction of sp³-hybridized carbons (Fsp3) is 0.900. The van der Waals surface area contributed by atoms with E-state index in [-0.39, 0.29) is 23.7 Å². The summed E-state index contributed by atoms with van der Waals surface area (Å²) in [4.78, 5) is 11.6. The van der Waals surface area contributed by atoms with E-state index in [2.05, 4.69) is 5.32 Å². The van der Waals surface area contributed by atoms with Crippen molar-refractivity contribution in [2.45, 2.75) is 52.1 Å². The molecule has 3 N–H and O–H groups in total. The van der Waals surface area contributed by atoms with E-state index in [1.54, 1.807) is 0 Å². The standard InChI is InChI=1S/C10H20N2O.ClH/c1-10(2,3)8(11)9(13)12-7-5-4-6-7;/h7-8H,4-6,11H2,1-3H3,(H,12,13);1H/t8-;/m1./s1. The number of halogens is 1. The molecule has 0 aliphatic heterocycles. The van der Waals surface area contributed by atoms with E-state index in [0.29, 0.717) is 6.04 Å². The quantitative estimate of drug-likeness (QED) is 0.740. The van der Waals surface area contributed by atoms with Gasteiger partial charge in [-0.15, -0.1) is 12.4 Å². The lowest BCUT2D eigenvalue weighted by Crippen LogP contribution is -2.52. The maximum atomic E-state index is 11.6. The van der Waals surface area contributed by atoms with Crippen LogP contribution in [-0.2, 0) is 4.79 Å². The molecular weight excluding hydrogens is 200 g/mol. The predicted octanol–water partition coefficient (Wildman–Crippen LogP) is 1.45. The molecule has 0 heterocycles. The molecule has 14 heavy (non-hydrogen) atoms. The smallest absolute Gasteiger partial charge is 0.237 e. The molecule has 0 aromatic carbocycles. The molecule has 0 saturated heterocycles. The third-order valence-electron chi connectivity index (χ3n) is 2.67. The molecule has 0 aromatic rings. The molecule has 0 unspecified atom stereocenters. The zero-order valence-corrected chi connectivity index (χ0v) is 9.99. The number of nitrogens with two attached hydrogens (primary N) is 1. The summed E-state index contributed by atoms with van der Waals surface area (Å²) in [5, 5.41) is 2.96. The topological polar surface area (TPSA) is 55.1 Å². The van der Waals surface area contributed by atoms with Gasteiger partial charge in [-0.2, -0.15) is 0 Å². The van der Waals surface area contributed by atoms with Crippen LogP contribution in [0.1, 0.15) is 40.0 Å². The van der Waals surface area contributed by atoms with E-state index in [1.807, 2.05) is 20.8 Å². The van der Waals surface area contributed by atoms with Gasteiger partial charge in [0.15, 0.2) is 0 Å². The number of carbonyl (C=O) groups excluding carboxylic acids is 1. The van der Waals surface area contributed by atoms with Crippen LogP contribution in [0, 0.1) is 5.41 Å². The van der Waals surface area contributed by atoms with Crippen molar-refractivity contribution in [2.24, 2.45) is 11.1 Å². The molecule has 1 aliphatic rings. The van der Waals surface area contributed by atoms with Crippen LogP contribution in [0.25, 0.3) is 0 Å². The average molecular weight is 221 g/mol. The van der Waals surface area contributed by atoms with Gasteiger partial charge in [-0.05, 0) is 24.7 Å². The van der Waals surface area contributed by atoms with Gasteiger partial charge in [-0.1, -0.05) is 20.8 Å². The Hall–Kier alpha value is -0.280. The zero-order valence-electron chi connectivity index (χ0n) is 9.17. The first-order valence-electron chi connectivity index (χ1n) is 4.97.